The number of rotatable bonds is 10. The van der Waals surface area contributed by atoms with E-state index in [1.807, 2.05) is 6.92 Å². The number of tetrazole rings is 1. The number of allylic oxidation sites excluding steroid dienone is 1. The molecule has 13 nitrogen and oxygen atoms in total. The van der Waals surface area contributed by atoms with E-state index in [1.165, 1.54) is 30.3 Å². The highest BCUT2D eigenvalue weighted by molar-refractivity contribution is 6.30. The Morgan fingerprint density at radius 1 is 1.10 bits per heavy atom. The fraction of sp³-hybridized carbons (Fsp3) is 0.148. The lowest BCUT2D eigenvalue weighted by Crippen LogP contribution is -2.21. The van der Waals surface area contributed by atoms with Gasteiger partial charge in [-0.2, -0.15) is 4.68 Å². The molecule has 3 amide bonds. The van der Waals surface area contributed by atoms with Gasteiger partial charge in [-0.15, -0.1) is 5.10 Å². The standard InChI is InChI=1S/C27H26ClN9O4/c1-3-4-5-26(39)34-21-13-19(32-27(40)41-2)8-9-20(21)22-14-29-24(33-22)15-30-25(38)11-6-17-12-18(28)7-10-23(17)37-16-31-35-36-37/h4-14,16H,3,15H2,1-2H3,(H,29,33)(H,30,38)(H,32,40)(H,34,39)/b5-4?,11-6+. The largest absolute Gasteiger partial charge is 0.453 e. The molecule has 2 aromatic heterocycles. The number of carbonyl (C=O) groups excluding carboxylic acids is 3. The van der Waals surface area contributed by atoms with Gasteiger partial charge in [-0.05, 0) is 65.4 Å². The van der Waals surface area contributed by atoms with Crippen molar-refractivity contribution in [3.05, 3.63) is 83.6 Å². The number of nitrogens with zero attached hydrogens (tertiary/aromatic N) is 5. The maximum atomic E-state index is 12.5. The van der Waals surface area contributed by atoms with Gasteiger partial charge in [-0.3, -0.25) is 14.9 Å². The van der Waals surface area contributed by atoms with Gasteiger partial charge >= 0.3 is 6.09 Å². The first kappa shape index (κ1) is 28.7. The third kappa shape index (κ3) is 7.86. The molecule has 4 aromatic rings. The van der Waals surface area contributed by atoms with Crippen molar-refractivity contribution in [2.24, 2.45) is 0 Å². The molecule has 41 heavy (non-hydrogen) atoms. The number of imidazole rings is 1. The number of amides is 3. The number of aromatic nitrogens is 6. The van der Waals surface area contributed by atoms with Gasteiger partial charge < -0.3 is 20.4 Å². The molecule has 0 aliphatic heterocycles. The molecule has 210 valence electrons. The molecule has 0 unspecified atom stereocenters. The summed E-state index contributed by atoms with van der Waals surface area (Å²) in [5.74, 6) is -0.205. The van der Waals surface area contributed by atoms with E-state index in [-0.39, 0.29) is 18.4 Å². The van der Waals surface area contributed by atoms with Crippen molar-refractivity contribution in [2.45, 2.75) is 19.9 Å². The predicted octanol–water partition coefficient (Wildman–Crippen LogP) is 4.12. The van der Waals surface area contributed by atoms with Crippen molar-refractivity contribution in [3.63, 3.8) is 0 Å². The molecule has 0 fully saturated rings. The van der Waals surface area contributed by atoms with Crippen LogP contribution in [0, 0.1) is 0 Å². The van der Waals surface area contributed by atoms with Crippen molar-refractivity contribution in [1.29, 1.82) is 0 Å². The Kier molecular flexibility index (Phi) is 9.57. The molecule has 14 heteroatoms. The number of hydrogen-bond acceptors (Lipinski definition) is 8. The minimum Gasteiger partial charge on any atom is -0.453 e. The van der Waals surface area contributed by atoms with E-state index in [9.17, 15) is 14.4 Å². The molecule has 0 spiro atoms. The molecule has 0 aliphatic carbocycles. The lowest BCUT2D eigenvalue weighted by atomic mass is 10.1. The number of nitrogens with one attached hydrogen (secondary N) is 4. The zero-order valence-electron chi connectivity index (χ0n) is 22.1. The first-order valence-corrected chi connectivity index (χ1v) is 12.7. The van der Waals surface area contributed by atoms with E-state index in [4.69, 9.17) is 11.6 Å². The summed E-state index contributed by atoms with van der Waals surface area (Å²) in [4.78, 5) is 44.1. The van der Waals surface area contributed by atoms with Gasteiger partial charge in [0.15, 0.2) is 0 Å². The topological polar surface area (TPSA) is 169 Å². The number of hydrogen-bond donors (Lipinski definition) is 4. The van der Waals surface area contributed by atoms with Crippen molar-refractivity contribution >= 4 is 47.0 Å². The SMILES string of the molecule is CCC=CC(=O)Nc1cc(NC(=O)OC)ccc1-c1cnc(CNC(=O)/C=C/c2cc(Cl)ccc2-n2cnnn2)[nH]1. The molecule has 2 heterocycles. The van der Waals surface area contributed by atoms with Crippen LogP contribution in [-0.2, 0) is 20.9 Å². The first-order chi connectivity index (χ1) is 19.9. The monoisotopic (exact) mass is 575 g/mol. The third-order valence-electron chi connectivity index (χ3n) is 5.56. The van der Waals surface area contributed by atoms with Crippen molar-refractivity contribution in [2.75, 3.05) is 17.7 Å². The normalized spacial score (nSPS) is 11.1. The fourth-order valence-corrected chi connectivity index (χ4v) is 3.83. The van der Waals surface area contributed by atoms with Crippen LogP contribution in [-0.4, -0.2) is 55.2 Å². The number of aromatic amines is 1. The average molecular weight is 576 g/mol. The van der Waals surface area contributed by atoms with Crippen LogP contribution in [0.2, 0.25) is 5.02 Å². The number of halogens is 1. The van der Waals surface area contributed by atoms with Crippen LogP contribution in [0.15, 0.2) is 67.2 Å². The summed E-state index contributed by atoms with van der Waals surface area (Å²) in [5.41, 5.74) is 3.38. The van der Waals surface area contributed by atoms with Crippen LogP contribution in [0.3, 0.4) is 0 Å². The molecule has 0 saturated heterocycles. The highest BCUT2D eigenvalue weighted by Crippen LogP contribution is 2.30. The summed E-state index contributed by atoms with van der Waals surface area (Å²) in [7, 11) is 1.26. The van der Waals surface area contributed by atoms with E-state index >= 15 is 0 Å². The third-order valence-corrected chi connectivity index (χ3v) is 5.80. The molecule has 0 atom stereocenters. The fourth-order valence-electron chi connectivity index (χ4n) is 3.65. The van der Waals surface area contributed by atoms with Gasteiger partial charge in [-0.1, -0.05) is 24.6 Å². The van der Waals surface area contributed by atoms with Gasteiger partial charge in [0.2, 0.25) is 11.8 Å². The Labute approximate surface area is 239 Å². The van der Waals surface area contributed by atoms with Crippen LogP contribution < -0.4 is 16.0 Å². The molecular weight excluding hydrogens is 550 g/mol. The second-order valence-electron chi connectivity index (χ2n) is 8.43. The Hall–Kier alpha value is -5.30. The van der Waals surface area contributed by atoms with Crippen LogP contribution in [0.5, 0.6) is 0 Å². The quantitative estimate of drug-likeness (QED) is 0.205. The molecule has 0 saturated carbocycles. The van der Waals surface area contributed by atoms with Crippen molar-refractivity contribution in [3.8, 4) is 16.9 Å². The van der Waals surface area contributed by atoms with Gasteiger partial charge in [0.25, 0.3) is 0 Å². The van der Waals surface area contributed by atoms with E-state index < -0.39 is 6.09 Å². The maximum absolute atomic E-state index is 12.5. The van der Waals surface area contributed by atoms with Crippen molar-refractivity contribution in [1.82, 2.24) is 35.5 Å². The zero-order valence-corrected chi connectivity index (χ0v) is 22.8. The summed E-state index contributed by atoms with van der Waals surface area (Å²) in [5, 5.41) is 19.8. The number of ether oxygens (including phenoxy) is 1. The molecule has 0 radical (unpaired) electrons. The summed E-state index contributed by atoms with van der Waals surface area (Å²) in [6, 6.07) is 10.1. The molecule has 0 bridgehead atoms. The Balaban J connectivity index is 1.46. The van der Waals surface area contributed by atoms with Gasteiger partial charge in [0.1, 0.15) is 12.2 Å². The second-order valence-corrected chi connectivity index (χ2v) is 8.87. The van der Waals surface area contributed by atoms with Crippen LogP contribution in [0.4, 0.5) is 16.2 Å². The first-order valence-electron chi connectivity index (χ1n) is 12.4. The summed E-state index contributed by atoms with van der Waals surface area (Å²) in [6.45, 7) is 2.03. The van der Waals surface area contributed by atoms with Crippen LogP contribution >= 0.6 is 11.6 Å². The number of H-pyrrole nitrogens is 1. The molecule has 2 aromatic carbocycles. The Morgan fingerprint density at radius 2 is 1.95 bits per heavy atom. The van der Waals surface area contributed by atoms with E-state index in [2.05, 4.69) is 46.2 Å². The summed E-state index contributed by atoms with van der Waals surface area (Å²) >= 11 is 6.13. The van der Waals surface area contributed by atoms with Crippen molar-refractivity contribution < 1.29 is 19.1 Å². The highest BCUT2D eigenvalue weighted by atomic mass is 35.5. The minimum absolute atomic E-state index is 0.113. The maximum Gasteiger partial charge on any atom is 0.411 e. The lowest BCUT2D eigenvalue weighted by Gasteiger charge is -2.12. The summed E-state index contributed by atoms with van der Waals surface area (Å²) < 4.78 is 6.11. The summed E-state index contributed by atoms with van der Waals surface area (Å²) in [6.07, 6.45) is 9.23. The lowest BCUT2D eigenvalue weighted by molar-refractivity contribution is -0.116. The van der Waals surface area contributed by atoms with Gasteiger partial charge in [0.05, 0.1) is 36.9 Å². The second kappa shape index (κ2) is 13.7. The molecule has 0 aliphatic rings. The minimum atomic E-state index is -0.642. The zero-order chi connectivity index (χ0) is 29.2. The van der Waals surface area contributed by atoms with Crippen LogP contribution in [0.1, 0.15) is 24.7 Å². The highest BCUT2D eigenvalue weighted by Gasteiger charge is 2.13. The van der Waals surface area contributed by atoms with Gasteiger partial charge in [0, 0.05) is 27.9 Å². The Bertz CT molecular complexity index is 1600. The van der Waals surface area contributed by atoms with Crippen LogP contribution in [0.25, 0.3) is 23.0 Å². The number of carbonyl (C=O) groups is 3. The van der Waals surface area contributed by atoms with E-state index in [0.717, 1.165) is 0 Å². The predicted molar refractivity (Wildman–Crippen MR) is 153 cm³/mol. The molecular formula is C27H26ClN9O4. The smallest absolute Gasteiger partial charge is 0.411 e. The molecule has 4 N–H and O–H groups in total. The van der Waals surface area contributed by atoms with Gasteiger partial charge in [-0.25, -0.2) is 9.78 Å². The van der Waals surface area contributed by atoms with E-state index in [0.29, 0.717) is 51.2 Å². The Morgan fingerprint density at radius 3 is 2.71 bits per heavy atom. The number of anilines is 2. The number of methoxy groups -OCH3 is 1. The average Bonchev–Trinajstić information content (AvgIpc) is 3.67. The molecule has 4 rings (SSSR count). The van der Waals surface area contributed by atoms with E-state index in [1.54, 1.807) is 54.7 Å². The number of benzene rings is 2.